The fraction of sp³-hybridized carbons (Fsp3) is 0.857. The molecule has 0 aromatic carbocycles. The molecule has 1 nitrogen and oxygen atoms in total. The van der Waals surface area contributed by atoms with Crippen molar-refractivity contribution >= 4 is 13.5 Å². The van der Waals surface area contributed by atoms with Crippen molar-refractivity contribution in [2.45, 2.75) is 32.5 Å². The van der Waals surface area contributed by atoms with E-state index in [2.05, 4.69) is 31.7 Å². The minimum Gasteiger partial charge on any atom is -0.0832 e. The van der Waals surface area contributed by atoms with E-state index >= 15 is 0 Å². The van der Waals surface area contributed by atoms with E-state index in [1.54, 1.807) is 0 Å². The maximum absolute atomic E-state index is 3.47. The number of rotatable bonds is 1. The van der Waals surface area contributed by atoms with Gasteiger partial charge in [-0.1, -0.05) is 25.9 Å². The predicted octanol–water partition coefficient (Wildman–Crippen LogP) is 1.93. The van der Waals surface area contributed by atoms with Gasteiger partial charge in [-0.3, -0.25) is 0 Å². The summed E-state index contributed by atoms with van der Waals surface area (Å²) in [6, 6.07) is 0. The third kappa shape index (κ3) is 0.929. The highest BCUT2D eigenvalue weighted by molar-refractivity contribution is 7.76. The maximum Gasteiger partial charge on any atom is 0.288 e. The molecule has 0 spiro atoms. The molecule has 0 radical (unpaired) electrons. The van der Waals surface area contributed by atoms with Gasteiger partial charge in [-0.05, 0) is 5.41 Å². The first-order valence-corrected chi connectivity index (χ1v) is 4.86. The first-order valence-electron chi connectivity index (χ1n) is 3.45. The smallest absolute Gasteiger partial charge is 0.0832 e. The average molecular weight is 142 g/mol. The number of nitrogens with one attached hydrogen (secondary N) is 1. The van der Waals surface area contributed by atoms with Gasteiger partial charge in [0.15, 0.2) is 5.80 Å². The molecular weight excluding hydrogens is 129 g/mol. The van der Waals surface area contributed by atoms with Gasteiger partial charge < -0.3 is 0 Å². The second kappa shape index (κ2) is 1.26. The van der Waals surface area contributed by atoms with Crippen LogP contribution in [0.15, 0.2) is 0 Å². The summed E-state index contributed by atoms with van der Waals surface area (Å²) in [7, 11) is 0.273. The van der Waals surface area contributed by atoms with Gasteiger partial charge in [-0.25, -0.2) is 0 Å². The first kappa shape index (κ1) is 5.88. The van der Waals surface area contributed by atoms with Crippen molar-refractivity contribution in [1.29, 1.82) is 0 Å². The molecule has 1 N–H and O–H groups in total. The summed E-state index contributed by atoms with van der Waals surface area (Å²) in [5.41, 5.74) is 0.511. The highest BCUT2D eigenvalue weighted by Gasteiger charge is 2.78. The Balaban J connectivity index is 1.92. The molecule has 2 aliphatic heterocycles. The van der Waals surface area contributed by atoms with Crippen LogP contribution in [0.25, 0.3) is 0 Å². The van der Waals surface area contributed by atoms with Crippen LogP contribution in [0.2, 0.25) is 0 Å². The molecule has 2 atom stereocenters. The highest BCUT2D eigenvalue weighted by Crippen LogP contribution is 2.69. The van der Waals surface area contributed by atoms with Gasteiger partial charge in [0.2, 0.25) is 7.70 Å². The second-order valence-electron chi connectivity index (χ2n) is 4.27. The molecule has 1 saturated heterocycles. The number of fused-ring (bicyclic) bond motifs is 1. The van der Waals surface area contributed by atoms with Crippen LogP contribution in [0, 0.1) is 5.41 Å². The quantitative estimate of drug-likeness (QED) is 0.438. The first-order chi connectivity index (χ1) is 4.02. The Morgan fingerprint density at radius 3 is 2.11 bits per heavy atom. The van der Waals surface area contributed by atoms with Crippen LogP contribution in [0.4, 0.5) is 0 Å². The molecule has 2 heterocycles. The summed E-state index contributed by atoms with van der Waals surface area (Å²) in [5, 5.41) is 4.06. The normalized spacial score (nSPS) is 41.4. The summed E-state index contributed by atoms with van der Waals surface area (Å²) in [5.74, 6) is 2.47. The minimum absolute atomic E-state index is 0.273. The molecule has 0 aliphatic carbocycles. The van der Waals surface area contributed by atoms with E-state index in [4.69, 9.17) is 0 Å². The third-order valence-corrected chi connectivity index (χ3v) is 3.86. The van der Waals surface area contributed by atoms with Crippen LogP contribution in [0.1, 0.15) is 27.2 Å². The lowest BCUT2D eigenvalue weighted by atomic mass is 9.89. The molecule has 2 heteroatoms. The lowest BCUT2D eigenvalue weighted by molar-refractivity contribution is 0.367. The summed E-state index contributed by atoms with van der Waals surface area (Å²) in [6.07, 6.45) is 1.34. The van der Waals surface area contributed by atoms with Crippen molar-refractivity contribution in [3.63, 3.8) is 0 Å². The van der Waals surface area contributed by atoms with E-state index in [1.165, 1.54) is 6.42 Å². The zero-order valence-corrected chi connectivity index (χ0v) is 7.13. The van der Waals surface area contributed by atoms with Gasteiger partial charge in [-0.15, -0.1) is 0 Å². The monoisotopic (exact) mass is 142 g/mol. The molecule has 0 saturated carbocycles. The second-order valence-corrected chi connectivity index (χ2v) is 6.29. The Morgan fingerprint density at radius 2 is 2.00 bits per heavy atom. The van der Waals surface area contributed by atoms with Crippen molar-refractivity contribution in [1.82, 2.24) is 5.09 Å². The van der Waals surface area contributed by atoms with Crippen LogP contribution in [0.5, 0.6) is 0 Å². The molecule has 50 valence electrons. The van der Waals surface area contributed by atoms with Gasteiger partial charge in [0.1, 0.15) is 0 Å². The van der Waals surface area contributed by atoms with Crippen LogP contribution in [-0.2, 0) is 0 Å². The van der Waals surface area contributed by atoms with Crippen LogP contribution < -0.4 is 5.09 Å². The minimum atomic E-state index is 0.273. The Hall–Kier alpha value is 0.130. The van der Waals surface area contributed by atoms with Gasteiger partial charge >= 0.3 is 0 Å². The zero-order chi connectivity index (χ0) is 6.70. The molecule has 0 amide bonds. The largest absolute Gasteiger partial charge is 0.288 e. The molecule has 0 aromatic heterocycles. The molecular formula is C7H13NP+. The molecule has 0 aromatic rings. The predicted molar refractivity (Wildman–Crippen MR) is 42.9 cm³/mol. The molecule has 2 rings (SSSR count). The molecule has 2 aliphatic rings. The maximum atomic E-state index is 3.47. The standard InChI is InChI=1S/C7H13NP/c1-6(2,3)4-7-5-9(7)8-7/h5,8H,4H2,1-3H3/q+1. The van der Waals surface area contributed by atoms with Crippen LogP contribution in [0.3, 0.4) is 0 Å². The van der Waals surface area contributed by atoms with E-state index in [9.17, 15) is 0 Å². The third-order valence-electron chi connectivity index (χ3n) is 1.77. The molecule has 0 bridgehead atoms. The van der Waals surface area contributed by atoms with Crippen molar-refractivity contribution in [3.05, 3.63) is 0 Å². The van der Waals surface area contributed by atoms with E-state index < -0.39 is 0 Å². The highest BCUT2D eigenvalue weighted by atomic mass is 31.1. The fourth-order valence-electron chi connectivity index (χ4n) is 1.34. The topological polar surface area (TPSA) is 21.9 Å². The van der Waals surface area contributed by atoms with Crippen molar-refractivity contribution in [2.24, 2.45) is 5.41 Å². The van der Waals surface area contributed by atoms with Crippen molar-refractivity contribution in [2.75, 3.05) is 0 Å². The summed E-state index contributed by atoms with van der Waals surface area (Å²) >= 11 is 0. The summed E-state index contributed by atoms with van der Waals surface area (Å²) in [4.78, 5) is 0. The zero-order valence-electron chi connectivity index (χ0n) is 6.23. The molecule has 2 unspecified atom stereocenters. The van der Waals surface area contributed by atoms with Gasteiger partial charge in [0.05, 0.1) is 0 Å². The van der Waals surface area contributed by atoms with Crippen molar-refractivity contribution < 1.29 is 0 Å². The Labute approximate surface area is 57.3 Å². The Bertz CT molecular complexity index is 190. The Kier molecular flexibility index (Phi) is 0.822. The number of hydrogen-bond acceptors (Lipinski definition) is 1. The lowest BCUT2D eigenvalue weighted by Crippen LogP contribution is -2.20. The summed E-state index contributed by atoms with van der Waals surface area (Å²) in [6.45, 7) is 6.92. The van der Waals surface area contributed by atoms with Crippen molar-refractivity contribution in [3.8, 4) is 0 Å². The van der Waals surface area contributed by atoms with Gasteiger partial charge in [0, 0.05) is 6.42 Å². The Morgan fingerprint density at radius 1 is 1.56 bits per heavy atom. The SMILES string of the molecule is CC(C)(C)CC12C=[P+]1N2. The molecule has 9 heavy (non-hydrogen) atoms. The van der Waals surface area contributed by atoms with E-state index in [0.29, 0.717) is 10.7 Å². The molecule has 1 fully saturated rings. The number of hydrogen-bond donors (Lipinski definition) is 1. The average Bonchev–Trinajstić information content (AvgIpc) is 2.13. The van der Waals surface area contributed by atoms with Gasteiger partial charge in [0.25, 0.3) is 5.28 Å². The van der Waals surface area contributed by atoms with E-state index in [1.807, 2.05) is 0 Å². The summed E-state index contributed by atoms with van der Waals surface area (Å²) < 4.78 is 0. The van der Waals surface area contributed by atoms with E-state index in [-0.39, 0.29) is 7.70 Å². The lowest BCUT2D eigenvalue weighted by Gasteiger charge is -2.14. The van der Waals surface area contributed by atoms with Crippen LogP contribution in [-0.4, -0.2) is 11.1 Å². The van der Waals surface area contributed by atoms with Gasteiger partial charge in [-0.2, -0.15) is 0 Å². The fourth-order valence-corrected chi connectivity index (χ4v) is 3.23. The van der Waals surface area contributed by atoms with Crippen LogP contribution >= 0.6 is 7.70 Å². The van der Waals surface area contributed by atoms with E-state index in [0.717, 1.165) is 0 Å².